The molecule has 25 heavy (non-hydrogen) atoms. The van der Waals surface area contributed by atoms with Crippen molar-refractivity contribution in [1.29, 1.82) is 0 Å². The Morgan fingerprint density at radius 1 is 0.960 bits per heavy atom. The highest BCUT2D eigenvalue weighted by molar-refractivity contribution is 9.10. The molecule has 0 aliphatic rings. The van der Waals surface area contributed by atoms with Crippen LogP contribution in [-0.4, -0.2) is 11.0 Å². The highest BCUT2D eigenvalue weighted by Crippen LogP contribution is 2.40. The number of rotatable bonds is 2. The van der Waals surface area contributed by atoms with Gasteiger partial charge in [0, 0.05) is 15.6 Å². The van der Waals surface area contributed by atoms with Crippen LogP contribution >= 0.6 is 15.9 Å². The summed E-state index contributed by atoms with van der Waals surface area (Å²) in [5, 5.41) is 13.6. The molecule has 2 aromatic carbocycles. The van der Waals surface area contributed by atoms with E-state index in [0.29, 0.717) is 11.3 Å². The molecule has 2 aromatic rings. The number of nitrogens with one attached hydrogen (secondary N) is 1. The Morgan fingerprint density at radius 3 is 2.00 bits per heavy atom. The Balaban J connectivity index is 2.49. The third-order valence-corrected chi connectivity index (χ3v) is 4.67. The van der Waals surface area contributed by atoms with Gasteiger partial charge in [-0.1, -0.05) is 63.5 Å². The predicted molar refractivity (Wildman–Crippen MR) is 108 cm³/mol. The molecule has 0 heterocycles. The Labute approximate surface area is 158 Å². The fourth-order valence-corrected chi connectivity index (χ4v) is 2.79. The minimum absolute atomic E-state index is 0.0925. The molecule has 0 spiro atoms. The van der Waals surface area contributed by atoms with Crippen molar-refractivity contribution in [2.75, 3.05) is 5.32 Å². The molecule has 0 fully saturated rings. The van der Waals surface area contributed by atoms with Crippen molar-refractivity contribution in [3.8, 4) is 5.75 Å². The Kier molecular flexibility index (Phi) is 5.33. The van der Waals surface area contributed by atoms with Gasteiger partial charge in [-0.25, -0.2) is 0 Å². The zero-order chi connectivity index (χ0) is 19.0. The second kappa shape index (κ2) is 6.83. The number of phenols is 1. The fourth-order valence-electron chi connectivity index (χ4n) is 2.53. The quantitative estimate of drug-likeness (QED) is 0.603. The summed E-state index contributed by atoms with van der Waals surface area (Å²) in [6.45, 7) is 12.5. The second-order valence-electron chi connectivity index (χ2n) is 8.38. The number of benzene rings is 2. The molecule has 134 valence electrons. The Hall–Kier alpha value is -1.81. The zero-order valence-electron chi connectivity index (χ0n) is 15.7. The first-order chi connectivity index (χ1) is 11.4. The first-order valence-corrected chi connectivity index (χ1v) is 9.14. The van der Waals surface area contributed by atoms with Crippen LogP contribution in [0.15, 0.2) is 40.9 Å². The summed E-state index contributed by atoms with van der Waals surface area (Å²) >= 11 is 3.36. The van der Waals surface area contributed by atoms with Gasteiger partial charge in [-0.15, -0.1) is 0 Å². The van der Waals surface area contributed by atoms with Gasteiger partial charge in [-0.2, -0.15) is 0 Å². The third kappa shape index (κ3) is 4.63. The molecule has 0 bridgehead atoms. The number of halogens is 1. The predicted octanol–water partition coefficient (Wildman–Crippen LogP) is 6.00. The lowest BCUT2D eigenvalue weighted by Gasteiger charge is -2.27. The number of anilines is 1. The molecule has 3 nitrogen and oxygen atoms in total. The van der Waals surface area contributed by atoms with Gasteiger partial charge in [0.05, 0.1) is 5.69 Å². The van der Waals surface area contributed by atoms with E-state index in [1.807, 2.05) is 24.3 Å². The maximum Gasteiger partial charge on any atom is 0.255 e. The number of amides is 1. The molecule has 2 N–H and O–H groups in total. The highest BCUT2D eigenvalue weighted by atomic mass is 79.9. The first-order valence-electron chi connectivity index (χ1n) is 8.34. The topological polar surface area (TPSA) is 49.3 Å². The van der Waals surface area contributed by atoms with Crippen molar-refractivity contribution < 1.29 is 9.90 Å². The Bertz CT molecular complexity index is 781. The highest BCUT2D eigenvalue weighted by Gasteiger charge is 2.25. The standard InChI is InChI=1S/C21H26BrNO2/c1-20(2,3)14-11-16(21(4,5)6)18(24)17(12-14)23-19(25)13-7-9-15(22)10-8-13/h7-12,24H,1-6H3,(H,23,25). The van der Waals surface area contributed by atoms with E-state index in [4.69, 9.17) is 0 Å². The molecule has 0 unspecified atom stereocenters. The van der Waals surface area contributed by atoms with Crippen LogP contribution in [0.1, 0.15) is 63.0 Å². The normalized spacial score (nSPS) is 12.1. The number of carbonyl (C=O) groups excluding carboxylic acids is 1. The van der Waals surface area contributed by atoms with E-state index >= 15 is 0 Å². The van der Waals surface area contributed by atoms with Crippen LogP contribution in [-0.2, 0) is 10.8 Å². The van der Waals surface area contributed by atoms with Crippen molar-refractivity contribution >= 4 is 27.5 Å². The minimum atomic E-state index is -0.242. The maximum absolute atomic E-state index is 12.6. The fraction of sp³-hybridized carbons (Fsp3) is 0.381. The van der Waals surface area contributed by atoms with E-state index in [-0.39, 0.29) is 22.5 Å². The van der Waals surface area contributed by atoms with Crippen LogP contribution in [0, 0.1) is 0 Å². The summed E-state index contributed by atoms with van der Waals surface area (Å²) in [5.74, 6) is -0.111. The molecule has 0 radical (unpaired) electrons. The molecule has 0 aliphatic heterocycles. The van der Waals surface area contributed by atoms with E-state index in [2.05, 4.69) is 62.8 Å². The molecule has 4 heteroatoms. The lowest BCUT2D eigenvalue weighted by atomic mass is 9.79. The molecule has 0 saturated heterocycles. The lowest BCUT2D eigenvalue weighted by molar-refractivity contribution is 0.102. The number of hydrogen-bond acceptors (Lipinski definition) is 2. The number of carbonyl (C=O) groups is 1. The average molecular weight is 404 g/mol. The SMILES string of the molecule is CC(C)(C)c1cc(NC(=O)c2ccc(Br)cc2)c(O)c(C(C)(C)C)c1. The molecule has 0 aliphatic carbocycles. The van der Waals surface area contributed by atoms with E-state index in [1.54, 1.807) is 12.1 Å². The summed E-state index contributed by atoms with van der Waals surface area (Å²) in [5.41, 5.74) is 2.56. The molecule has 2 rings (SSSR count). The van der Waals surface area contributed by atoms with Crippen LogP contribution < -0.4 is 5.32 Å². The number of phenolic OH excluding ortho intramolecular Hbond substituents is 1. The van der Waals surface area contributed by atoms with Gasteiger partial charge in [0.2, 0.25) is 0 Å². The maximum atomic E-state index is 12.6. The summed E-state index contributed by atoms with van der Waals surface area (Å²) in [6, 6.07) is 11.0. The van der Waals surface area contributed by atoms with Gasteiger partial charge < -0.3 is 10.4 Å². The summed E-state index contributed by atoms with van der Waals surface area (Å²) in [6.07, 6.45) is 0. The van der Waals surface area contributed by atoms with Crippen molar-refractivity contribution in [3.63, 3.8) is 0 Å². The zero-order valence-corrected chi connectivity index (χ0v) is 17.3. The number of aromatic hydroxyl groups is 1. The van der Waals surface area contributed by atoms with Crippen LogP contribution in [0.3, 0.4) is 0 Å². The second-order valence-corrected chi connectivity index (χ2v) is 9.30. The van der Waals surface area contributed by atoms with Crippen LogP contribution in [0.25, 0.3) is 0 Å². The van der Waals surface area contributed by atoms with Gasteiger partial charge in [0.1, 0.15) is 5.75 Å². The minimum Gasteiger partial charge on any atom is -0.505 e. The lowest BCUT2D eigenvalue weighted by Crippen LogP contribution is -2.19. The van der Waals surface area contributed by atoms with E-state index < -0.39 is 0 Å². The molecular weight excluding hydrogens is 378 g/mol. The van der Waals surface area contributed by atoms with Gasteiger partial charge in [0.25, 0.3) is 5.91 Å². The van der Waals surface area contributed by atoms with Crippen molar-refractivity contribution in [1.82, 2.24) is 0 Å². The van der Waals surface area contributed by atoms with Gasteiger partial charge in [-0.3, -0.25) is 4.79 Å². The summed E-state index contributed by atoms with van der Waals surface area (Å²) < 4.78 is 0.914. The van der Waals surface area contributed by atoms with Crippen molar-refractivity contribution in [2.45, 2.75) is 52.4 Å². The van der Waals surface area contributed by atoms with Crippen molar-refractivity contribution in [3.05, 3.63) is 57.6 Å². The Morgan fingerprint density at radius 2 is 1.52 bits per heavy atom. The van der Waals surface area contributed by atoms with Crippen LogP contribution in [0.5, 0.6) is 5.75 Å². The molecule has 0 saturated carbocycles. The number of hydrogen-bond donors (Lipinski definition) is 2. The monoisotopic (exact) mass is 403 g/mol. The van der Waals surface area contributed by atoms with Gasteiger partial charge in [-0.05, 0) is 46.7 Å². The molecular formula is C21H26BrNO2. The van der Waals surface area contributed by atoms with E-state index in [1.165, 1.54) is 0 Å². The third-order valence-electron chi connectivity index (χ3n) is 4.14. The van der Waals surface area contributed by atoms with Crippen LogP contribution in [0.4, 0.5) is 5.69 Å². The van der Waals surface area contributed by atoms with Gasteiger partial charge in [0.15, 0.2) is 0 Å². The molecule has 0 aromatic heterocycles. The van der Waals surface area contributed by atoms with E-state index in [0.717, 1.165) is 15.6 Å². The largest absolute Gasteiger partial charge is 0.505 e. The smallest absolute Gasteiger partial charge is 0.255 e. The van der Waals surface area contributed by atoms with Gasteiger partial charge >= 0.3 is 0 Å². The molecule has 1 amide bonds. The van der Waals surface area contributed by atoms with Crippen LogP contribution in [0.2, 0.25) is 0 Å². The first kappa shape index (κ1) is 19.5. The average Bonchev–Trinajstić information content (AvgIpc) is 2.47. The summed E-state index contributed by atoms with van der Waals surface area (Å²) in [4.78, 5) is 12.6. The molecule has 0 atom stereocenters. The van der Waals surface area contributed by atoms with Crippen molar-refractivity contribution in [2.24, 2.45) is 0 Å². The van der Waals surface area contributed by atoms with E-state index in [9.17, 15) is 9.90 Å². The summed E-state index contributed by atoms with van der Waals surface area (Å²) in [7, 11) is 0.